The minimum absolute atomic E-state index is 0.0344. The number of carboxylic acid groups (broad SMARTS) is 1. The molecule has 108 valence electrons. The summed E-state index contributed by atoms with van der Waals surface area (Å²) >= 11 is 5.68. The van der Waals surface area contributed by atoms with E-state index in [0.717, 1.165) is 6.07 Å². The standard InChI is InChI=1S/C14H15ClFNO3/c1-3-14(4-2,13(18)19)7-12-17-10-5-8(15)9(16)6-11(10)20-12/h5-6H,3-4,7H2,1-2H3,(H,18,19). The van der Waals surface area contributed by atoms with Gasteiger partial charge in [0, 0.05) is 12.5 Å². The van der Waals surface area contributed by atoms with E-state index in [9.17, 15) is 14.3 Å². The zero-order valence-corrected chi connectivity index (χ0v) is 12.0. The molecule has 4 nitrogen and oxygen atoms in total. The summed E-state index contributed by atoms with van der Waals surface area (Å²) in [7, 11) is 0. The van der Waals surface area contributed by atoms with Crippen LogP contribution in [0, 0.1) is 11.2 Å². The van der Waals surface area contributed by atoms with Crippen molar-refractivity contribution in [3.63, 3.8) is 0 Å². The minimum atomic E-state index is -0.913. The number of carbonyl (C=O) groups is 1. The van der Waals surface area contributed by atoms with Gasteiger partial charge in [0.25, 0.3) is 0 Å². The highest BCUT2D eigenvalue weighted by molar-refractivity contribution is 6.31. The number of rotatable bonds is 5. The van der Waals surface area contributed by atoms with Crippen molar-refractivity contribution in [2.75, 3.05) is 0 Å². The van der Waals surface area contributed by atoms with Gasteiger partial charge in [-0.15, -0.1) is 0 Å². The van der Waals surface area contributed by atoms with E-state index in [0.29, 0.717) is 18.4 Å². The molecule has 1 aromatic heterocycles. The van der Waals surface area contributed by atoms with Crippen molar-refractivity contribution in [2.45, 2.75) is 33.1 Å². The van der Waals surface area contributed by atoms with Crippen LogP contribution in [0.4, 0.5) is 4.39 Å². The third-order valence-corrected chi connectivity index (χ3v) is 4.06. The summed E-state index contributed by atoms with van der Waals surface area (Å²) in [5.74, 6) is -1.18. The number of halogens is 2. The Hall–Kier alpha value is -1.62. The van der Waals surface area contributed by atoms with Crippen molar-refractivity contribution in [2.24, 2.45) is 5.41 Å². The fourth-order valence-corrected chi connectivity index (χ4v) is 2.37. The van der Waals surface area contributed by atoms with E-state index in [-0.39, 0.29) is 22.9 Å². The van der Waals surface area contributed by atoms with Crippen molar-refractivity contribution in [1.29, 1.82) is 0 Å². The Morgan fingerprint density at radius 2 is 2.10 bits per heavy atom. The lowest BCUT2D eigenvalue weighted by atomic mass is 9.79. The number of nitrogens with zero attached hydrogens (tertiary/aromatic N) is 1. The Kier molecular flexibility index (Phi) is 3.99. The van der Waals surface area contributed by atoms with Gasteiger partial charge in [-0.05, 0) is 18.9 Å². The fourth-order valence-electron chi connectivity index (χ4n) is 2.21. The Bertz CT molecular complexity index is 610. The summed E-state index contributed by atoms with van der Waals surface area (Å²) in [5, 5.41) is 9.36. The van der Waals surface area contributed by atoms with Crippen LogP contribution >= 0.6 is 11.6 Å². The molecular weight excluding hydrogens is 285 g/mol. The molecule has 0 aliphatic rings. The van der Waals surface area contributed by atoms with Gasteiger partial charge in [-0.1, -0.05) is 25.4 Å². The molecule has 0 fully saturated rings. The SMILES string of the molecule is CCC(CC)(Cc1nc2cc(Cl)c(F)cc2o1)C(=O)O. The predicted molar refractivity (Wildman–Crippen MR) is 73.3 cm³/mol. The summed E-state index contributed by atoms with van der Waals surface area (Å²) in [6, 6.07) is 2.54. The average molecular weight is 300 g/mol. The second kappa shape index (κ2) is 5.40. The first-order valence-electron chi connectivity index (χ1n) is 6.39. The van der Waals surface area contributed by atoms with Crippen molar-refractivity contribution in [1.82, 2.24) is 4.98 Å². The molecule has 0 unspecified atom stereocenters. The Morgan fingerprint density at radius 3 is 2.65 bits per heavy atom. The van der Waals surface area contributed by atoms with Crippen LogP contribution in [0.25, 0.3) is 11.1 Å². The van der Waals surface area contributed by atoms with Crippen LogP contribution < -0.4 is 0 Å². The van der Waals surface area contributed by atoms with E-state index in [2.05, 4.69) is 4.98 Å². The van der Waals surface area contributed by atoms with E-state index in [1.54, 1.807) is 0 Å². The number of aromatic nitrogens is 1. The summed E-state index contributed by atoms with van der Waals surface area (Å²) in [6.45, 7) is 3.63. The molecule has 1 N–H and O–H groups in total. The van der Waals surface area contributed by atoms with Gasteiger partial charge in [-0.3, -0.25) is 4.79 Å². The van der Waals surface area contributed by atoms with Gasteiger partial charge in [0.05, 0.1) is 10.4 Å². The monoisotopic (exact) mass is 299 g/mol. The Labute approximate surface area is 120 Å². The van der Waals surface area contributed by atoms with Crippen molar-refractivity contribution < 1.29 is 18.7 Å². The molecule has 0 aliphatic carbocycles. The minimum Gasteiger partial charge on any atom is -0.481 e. The van der Waals surface area contributed by atoms with Gasteiger partial charge in [0.15, 0.2) is 11.5 Å². The number of aliphatic carboxylic acids is 1. The summed E-state index contributed by atoms with van der Waals surface area (Å²) < 4.78 is 18.8. The van der Waals surface area contributed by atoms with Crippen LogP contribution in [0.1, 0.15) is 32.6 Å². The van der Waals surface area contributed by atoms with Gasteiger partial charge >= 0.3 is 5.97 Å². The quantitative estimate of drug-likeness (QED) is 0.904. The second-order valence-corrected chi connectivity index (χ2v) is 5.22. The van der Waals surface area contributed by atoms with E-state index in [1.807, 2.05) is 13.8 Å². The Morgan fingerprint density at radius 1 is 1.45 bits per heavy atom. The van der Waals surface area contributed by atoms with Gasteiger partial charge in [0.2, 0.25) is 0 Å². The molecule has 0 aliphatic heterocycles. The molecule has 1 heterocycles. The highest BCUT2D eigenvalue weighted by atomic mass is 35.5. The number of benzene rings is 1. The normalized spacial score (nSPS) is 12.0. The number of fused-ring (bicyclic) bond motifs is 1. The number of carboxylic acids is 1. The molecule has 0 saturated carbocycles. The fraction of sp³-hybridized carbons (Fsp3) is 0.429. The van der Waals surface area contributed by atoms with E-state index < -0.39 is 17.2 Å². The lowest BCUT2D eigenvalue weighted by Crippen LogP contribution is -2.32. The molecule has 20 heavy (non-hydrogen) atoms. The molecule has 0 bridgehead atoms. The lowest BCUT2D eigenvalue weighted by Gasteiger charge is -2.24. The second-order valence-electron chi connectivity index (χ2n) is 4.81. The number of hydrogen-bond donors (Lipinski definition) is 1. The molecular formula is C14H15ClFNO3. The molecule has 6 heteroatoms. The first kappa shape index (κ1) is 14.8. The van der Waals surface area contributed by atoms with Crippen molar-refractivity contribution >= 4 is 28.7 Å². The molecule has 0 spiro atoms. The zero-order chi connectivity index (χ0) is 14.9. The van der Waals surface area contributed by atoms with Gasteiger partial charge < -0.3 is 9.52 Å². The van der Waals surface area contributed by atoms with Crippen LogP contribution in [0.5, 0.6) is 0 Å². The maximum atomic E-state index is 13.3. The third-order valence-electron chi connectivity index (χ3n) is 3.77. The predicted octanol–water partition coefficient (Wildman–Crippen LogP) is 4.05. The summed E-state index contributed by atoms with van der Waals surface area (Å²) in [5.41, 5.74) is -0.213. The molecule has 1 aromatic carbocycles. The largest absolute Gasteiger partial charge is 0.481 e. The van der Waals surface area contributed by atoms with Crippen LogP contribution in [-0.4, -0.2) is 16.1 Å². The van der Waals surface area contributed by atoms with Gasteiger partial charge in [-0.2, -0.15) is 0 Å². The number of oxazole rings is 1. The molecule has 0 amide bonds. The van der Waals surface area contributed by atoms with Crippen LogP contribution in [0.2, 0.25) is 5.02 Å². The molecule has 0 saturated heterocycles. The van der Waals surface area contributed by atoms with E-state index in [4.69, 9.17) is 16.0 Å². The van der Waals surface area contributed by atoms with Gasteiger partial charge in [0.1, 0.15) is 11.3 Å². The maximum absolute atomic E-state index is 13.3. The topological polar surface area (TPSA) is 63.3 Å². The molecule has 2 aromatic rings. The van der Waals surface area contributed by atoms with Crippen molar-refractivity contribution in [3.05, 3.63) is 28.9 Å². The zero-order valence-electron chi connectivity index (χ0n) is 11.2. The van der Waals surface area contributed by atoms with E-state index in [1.165, 1.54) is 6.07 Å². The molecule has 0 radical (unpaired) electrons. The Balaban J connectivity index is 2.41. The smallest absolute Gasteiger partial charge is 0.310 e. The van der Waals surface area contributed by atoms with Crippen LogP contribution in [0.15, 0.2) is 16.5 Å². The first-order valence-corrected chi connectivity index (χ1v) is 6.77. The molecule has 2 rings (SSSR count). The van der Waals surface area contributed by atoms with E-state index >= 15 is 0 Å². The molecule has 0 atom stereocenters. The maximum Gasteiger partial charge on any atom is 0.310 e. The van der Waals surface area contributed by atoms with Crippen molar-refractivity contribution in [3.8, 4) is 0 Å². The average Bonchev–Trinajstić information content (AvgIpc) is 2.77. The first-order chi connectivity index (χ1) is 9.41. The summed E-state index contributed by atoms with van der Waals surface area (Å²) in [6.07, 6.45) is 1.10. The highest BCUT2D eigenvalue weighted by Crippen LogP contribution is 2.33. The van der Waals surface area contributed by atoms with Gasteiger partial charge in [-0.25, -0.2) is 9.37 Å². The third kappa shape index (κ3) is 2.50. The van der Waals surface area contributed by atoms with Crippen LogP contribution in [-0.2, 0) is 11.2 Å². The lowest BCUT2D eigenvalue weighted by molar-refractivity contribution is -0.149. The number of hydrogen-bond acceptors (Lipinski definition) is 3. The summed E-state index contributed by atoms with van der Waals surface area (Å²) in [4.78, 5) is 15.7. The highest BCUT2D eigenvalue weighted by Gasteiger charge is 2.36. The van der Waals surface area contributed by atoms with Crippen LogP contribution in [0.3, 0.4) is 0 Å².